The Morgan fingerprint density at radius 2 is 1.11 bits per heavy atom. The summed E-state index contributed by atoms with van der Waals surface area (Å²) in [6, 6.07) is 0. The number of esters is 4. The van der Waals surface area contributed by atoms with Gasteiger partial charge in [-0.2, -0.15) is 0 Å². The summed E-state index contributed by atoms with van der Waals surface area (Å²) in [6.45, 7) is 6.83. The van der Waals surface area contributed by atoms with Crippen molar-refractivity contribution in [2.75, 3.05) is 59.4 Å². The minimum absolute atomic E-state index is 0.00729. The molecule has 0 bridgehead atoms. The highest BCUT2D eigenvalue weighted by Crippen LogP contribution is 2.29. The maximum Gasteiger partial charge on any atom is 0.303 e. The van der Waals surface area contributed by atoms with E-state index in [0.29, 0.717) is 39.6 Å². The van der Waals surface area contributed by atoms with Gasteiger partial charge in [0.1, 0.15) is 12.7 Å². The van der Waals surface area contributed by atoms with Crippen LogP contribution in [0.2, 0.25) is 0 Å². The third kappa shape index (κ3) is 13.1. The molecule has 14 heteroatoms. The summed E-state index contributed by atoms with van der Waals surface area (Å²) in [5.41, 5.74) is 5.32. The van der Waals surface area contributed by atoms with Crippen molar-refractivity contribution in [3.8, 4) is 0 Å². The van der Waals surface area contributed by atoms with Crippen LogP contribution in [0.15, 0.2) is 0 Å². The van der Waals surface area contributed by atoms with Gasteiger partial charge in [0, 0.05) is 34.2 Å². The summed E-state index contributed by atoms with van der Waals surface area (Å²) in [7, 11) is 0. The topological polar surface area (TPSA) is 177 Å². The van der Waals surface area contributed by atoms with Gasteiger partial charge in [0.2, 0.25) is 0 Å². The highest BCUT2D eigenvalue weighted by Gasteiger charge is 2.52. The van der Waals surface area contributed by atoms with Gasteiger partial charge >= 0.3 is 23.9 Å². The van der Waals surface area contributed by atoms with E-state index < -0.39 is 54.6 Å². The lowest BCUT2D eigenvalue weighted by atomic mass is 9.98. The first-order valence-electron chi connectivity index (χ1n) is 11.5. The smallest absolute Gasteiger partial charge is 0.303 e. The number of carbonyl (C=O) groups excluding carboxylic acids is 4. The first kappa shape index (κ1) is 31.7. The molecule has 0 aromatic carbocycles. The van der Waals surface area contributed by atoms with E-state index in [2.05, 4.69) is 0 Å². The van der Waals surface area contributed by atoms with Crippen molar-refractivity contribution in [2.45, 2.75) is 58.4 Å². The molecule has 0 spiro atoms. The first-order valence-corrected chi connectivity index (χ1v) is 11.5. The fourth-order valence-electron chi connectivity index (χ4n) is 3.17. The molecule has 0 radical (unpaired) electrons. The molecule has 5 atom stereocenters. The van der Waals surface area contributed by atoms with Gasteiger partial charge in [0.05, 0.1) is 46.2 Å². The number of carbonyl (C=O) groups is 4. The zero-order valence-corrected chi connectivity index (χ0v) is 21.1. The molecule has 1 fully saturated rings. The van der Waals surface area contributed by atoms with Crippen LogP contribution in [-0.4, -0.2) is 114 Å². The van der Waals surface area contributed by atoms with Gasteiger partial charge in [-0.05, 0) is 0 Å². The second kappa shape index (κ2) is 18.0. The third-order valence-corrected chi connectivity index (χ3v) is 4.46. The summed E-state index contributed by atoms with van der Waals surface area (Å²) in [5.74, 6) is -2.75. The molecule has 1 rings (SSSR count). The van der Waals surface area contributed by atoms with E-state index in [-0.39, 0.29) is 19.8 Å². The molecule has 1 aliphatic rings. The first-order chi connectivity index (χ1) is 17.1. The molecule has 36 heavy (non-hydrogen) atoms. The summed E-state index contributed by atoms with van der Waals surface area (Å²) < 4.78 is 48.4. The normalized spacial score (nSPS) is 23.5. The maximum atomic E-state index is 11.8. The Hall–Kier alpha value is -2.36. The van der Waals surface area contributed by atoms with Crippen LogP contribution in [0.3, 0.4) is 0 Å². The number of hydrogen-bond donors (Lipinski definition) is 1. The molecule has 0 saturated carbocycles. The van der Waals surface area contributed by atoms with Gasteiger partial charge in [-0.1, -0.05) is 0 Å². The second-order valence-corrected chi connectivity index (χ2v) is 7.56. The van der Waals surface area contributed by atoms with Crippen molar-refractivity contribution in [1.82, 2.24) is 0 Å². The van der Waals surface area contributed by atoms with E-state index in [1.807, 2.05) is 0 Å². The van der Waals surface area contributed by atoms with E-state index in [0.717, 1.165) is 20.8 Å². The molecule has 2 N–H and O–H groups in total. The fraction of sp³-hybridized carbons (Fsp3) is 0.818. The number of rotatable bonds is 17. The predicted molar refractivity (Wildman–Crippen MR) is 119 cm³/mol. The lowest BCUT2D eigenvalue weighted by Gasteiger charge is -2.44. The second-order valence-electron chi connectivity index (χ2n) is 7.56. The number of hydrogen-bond acceptors (Lipinski definition) is 14. The van der Waals surface area contributed by atoms with Crippen LogP contribution >= 0.6 is 0 Å². The average Bonchev–Trinajstić information content (AvgIpc) is 2.78. The molecule has 1 aliphatic heterocycles. The lowest BCUT2D eigenvalue weighted by Crippen LogP contribution is -2.63. The highest BCUT2D eigenvalue weighted by atomic mass is 16.7. The molecule has 1 saturated heterocycles. The molecule has 0 amide bonds. The number of ether oxygens (including phenoxy) is 9. The quantitative estimate of drug-likeness (QED) is 0.141. The number of nitrogens with two attached hydrogens (primary N) is 1. The lowest BCUT2D eigenvalue weighted by molar-refractivity contribution is -0.309. The highest BCUT2D eigenvalue weighted by molar-refractivity contribution is 5.68. The molecule has 0 aromatic heterocycles. The molecule has 0 aromatic rings. The zero-order chi connectivity index (χ0) is 26.9. The average molecular weight is 524 g/mol. The van der Waals surface area contributed by atoms with E-state index >= 15 is 0 Å². The Kier molecular flexibility index (Phi) is 15.8. The van der Waals surface area contributed by atoms with Crippen molar-refractivity contribution in [3.63, 3.8) is 0 Å². The zero-order valence-electron chi connectivity index (χ0n) is 21.1. The largest absolute Gasteiger partial charge is 0.463 e. The van der Waals surface area contributed by atoms with Gasteiger partial charge in [-0.25, -0.2) is 0 Å². The molecule has 208 valence electrons. The standard InChI is InChI=1S/C22H37NO13/c1-14(24)32-13-18-19(33-15(2)25)20(34-16(3)26)21(35-17(4)27)22(36-18)31-12-11-30-10-9-29-8-7-28-6-5-23/h18-22H,5-13,23H2,1-4H3/t18-,19-,20+,21+,22+/m1/s1. The summed E-state index contributed by atoms with van der Waals surface area (Å²) >= 11 is 0. The van der Waals surface area contributed by atoms with Crippen LogP contribution < -0.4 is 5.73 Å². The van der Waals surface area contributed by atoms with Gasteiger partial charge in [0.25, 0.3) is 0 Å². The predicted octanol–water partition coefficient (Wildman–Crippen LogP) is -0.905. The molecular formula is C22H37NO13. The molecule has 1 heterocycles. The van der Waals surface area contributed by atoms with Crippen molar-refractivity contribution < 1.29 is 61.8 Å². The van der Waals surface area contributed by atoms with Crippen LogP contribution in [0.25, 0.3) is 0 Å². The minimum Gasteiger partial charge on any atom is -0.463 e. The van der Waals surface area contributed by atoms with Crippen molar-refractivity contribution >= 4 is 23.9 Å². The van der Waals surface area contributed by atoms with Crippen molar-refractivity contribution in [1.29, 1.82) is 0 Å². The maximum absolute atomic E-state index is 11.8. The minimum atomic E-state index is -1.29. The summed E-state index contributed by atoms with van der Waals surface area (Å²) in [6.07, 6.45) is -6.12. The van der Waals surface area contributed by atoms with Gasteiger partial charge in [-0.15, -0.1) is 0 Å². The van der Waals surface area contributed by atoms with Crippen molar-refractivity contribution in [3.05, 3.63) is 0 Å². The Morgan fingerprint density at radius 3 is 1.61 bits per heavy atom. The van der Waals surface area contributed by atoms with E-state index in [4.69, 9.17) is 48.4 Å². The van der Waals surface area contributed by atoms with Crippen LogP contribution in [0.5, 0.6) is 0 Å². The monoisotopic (exact) mass is 523 g/mol. The van der Waals surface area contributed by atoms with E-state index in [1.165, 1.54) is 6.92 Å². The Bertz CT molecular complexity index is 689. The SMILES string of the molecule is CC(=O)OC[C@H]1O[C@H](OCCOCCOCCOCCN)[C@@H](OC(C)=O)[C@@H](OC(C)=O)[C@@H]1OC(C)=O. The van der Waals surface area contributed by atoms with Crippen LogP contribution in [0.1, 0.15) is 27.7 Å². The van der Waals surface area contributed by atoms with Crippen LogP contribution in [-0.2, 0) is 61.8 Å². The molecular weight excluding hydrogens is 486 g/mol. The van der Waals surface area contributed by atoms with Gasteiger partial charge < -0.3 is 48.4 Å². The van der Waals surface area contributed by atoms with Gasteiger partial charge in [0.15, 0.2) is 24.6 Å². The summed E-state index contributed by atoms with van der Waals surface area (Å²) in [4.78, 5) is 46.6. The molecule has 0 unspecified atom stereocenters. The molecule has 0 aliphatic carbocycles. The van der Waals surface area contributed by atoms with Crippen LogP contribution in [0, 0.1) is 0 Å². The Balaban J connectivity index is 2.77. The van der Waals surface area contributed by atoms with Crippen molar-refractivity contribution in [2.24, 2.45) is 5.73 Å². The molecule has 14 nitrogen and oxygen atoms in total. The Morgan fingerprint density at radius 1 is 0.639 bits per heavy atom. The van der Waals surface area contributed by atoms with Gasteiger partial charge in [-0.3, -0.25) is 19.2 Å². The van der Waals surface area contributed by atoms with E-state index in [1.54, 1.807) is 0 Å². The Labute approximate surface area is 209 Å². The fourth-order valence-corrected chi connectivity index (χ4v) is 3.17. The summed E-state index contributed by atoms with van der Waals surface area (Å²) in [5, 5.41) is 0. The van der Waals surface area contributed by atoms with E-state index in [9.17, 15) is 19.2 Å². The van der Waals surface area contributed by atoms with Crippen LogP contribution in [0.4, 0.5) is 0 Å². The third-order valence-electron chi connectivity index (χ3n) is 4.46.